The Balaban J connectivity index is 1.85. The van der Waals surface area contributed by atoms with Crippen molar-refractivity contribution in [3.63, 3.8) is 0 Å². The fourth-order valence-electron chi connectivity index (χ4n) is 1.61. The van der Waals surface area contributed by atoms with Crippen molar-refractivity contribution in [1.82, 2.24) is 10.4 Å². The lowest BCUT2D eigenvalue weighted by atomic mass is 10.2. The van der Waals surface area contributed by atoms with Crippen LogP contribution in [-0.2, 0) is 11.4 Å². The first-order valence-electron chi connectivity index (χ1n) is 5.88. The number of ether oxygens (including phenoxy) is 1. The lowest BCUT2D eigenvalue weighted by Crippen LogP contribution is -2.36. The number of nitrogens with one attached hydrogen (secondary N) is 1. The van der Waals surface area contributed by atoms with Gasteiger partial charge in [0.25, 0.3) is 0 Å². The molecule has 1 aliphatic rings. The third-order valence-electron chi connectivity index (χ3n) is 2.44. The Labute approximate surface area is 106 Å². The van der Waals surface area contributed by atoms with Gasteiger partial charge in [-0.2, -0.15) is 5.06 Å². The van der Waals surface area contributed by atoms with Crippen LogP contribution in [0.3, 0.4) is 0 Å². The lowest BCUT2D eigenvalue weighted by molar-refractivity contribution is -0.0299. The monoisotopic (exact) mass is 248 g/mol. The highest BCUT2D eigenvalue weighted by atomic mass is 16.7. The third kappa shape index (κ3) is 3.16. The molecule has 0 aromatic heterocycles. The summed E-state index contributed by atoms with van der Waals surface area (Å²) in [5.74, 6) is 0.809. The third-order valence-corrected chi connectivity index (χ3v) is 2.44. The Bertz CT molecular complexity index is 438. The van der Waals surface area contributed by atoms with E-state index < -0.39 is 0 Å². The van der Waals surface area contributed by atoms with Gasteiger partial charge in [0.1, 0.15) is 12.0 Å². The minimum Gasteiger partial charge on any atom is -0.494 e. The zero-order valence-corrected chi connectivity index (χ0v) is 10.3. The van der Waals surface area contributed by atoms with Crippen molar-refractivity contribution >= 4 is 6.03 Å². The molecule has 2 rings (SSSR count). The second-order valence-electron chi connectivity index (χ2n) is 3.78. The Morgan fingerprint density at radius 3 is 3.17 bits per heavy atom. The smallest absolute Gasteiger partial charge is 0.351 e. The second kappa shape index (κ2) is 5.95. The van der Waals surface area contributed by atoms with E-state index in [-0.39, 0.29) is 6.03 Å². The van der Waals surface area contributed by atoms with Gasteiger partial charge in [-0.3, -0.25) is 0 Å². The summed E-state index contributed by atoms with van der Waals surface area (Å²) in [5, 5.41) is 4.03. The van der Waals surface area contributed by atoms with Crippen LogP contribution < -0.4 is 10.1 Å². The fourth-order valence-corrected chi connectivity index (χ4v) is 1.61. The molecule has 18 heavy (non-hydrogen) atoms. The Hall–Kier alpha value is -2.17. The number of amides is 2. The molecule has 0 radical (unpaired) electrons. The van der Waals surface area contributed by atoms with Crippen molar-refractivity contribution < 1.29 is 14.4 Å². The van der Waals surface area contributed by atoms with Crippen molar-refractivity contribution in [3.05, 3.63) is 42.2 Å². The van der Waals surface area contributed by atoms with Crippen LogP contribution in [0.4, 0.5) is 4.79 Å². The quantitative estimate of drug-likeness (QED) is 0.887. The molecule has 0 spiro atoms. The molecule has 2 amide bonds. The molecule has 0 saturated heterocycles. The summed E-state index contributed by atoms with van der Waals surface area (Å²) in [6.07, 6.45) is 3.27. The first-order chi connectivity index (χ1) is 8.79. The molecular formula is C13H16N2O3. The molecule has 0 bridgehead atoms. The van der Waals surface area contributed by atoms with Gasteiger partial charge in [0.15, 0.2) is 0 Å². The maximum absolute atomic E-state index is 11.6. The van der Waals surface area contributed by atoms with Gasteiger partial charge in [-0.15, -0.1) is 0 Å². The highest BCUT2D eigenvalue weighted by Gasteiger charge is 2.15. The Morgan fingerprint density at radius 2 is 2.44 bits per heavy atom. The van der Waals surface area contributed by atoms with Crippen molar-refractivity contribution in [2.24, 2.45) is 0 Å². The molecule has 0 atom stereocenters. The van der Waals surface area contributed by atoms with Crippen molar-refractivity contribution in [2.45, 2.75) is 13.5 Å². The van der Waals surface area contributed by atoms with Gasteiger partial charge in [0.05, 0.1) is 13.2 Å². The summed E-state index contributed by atoms with van der Waals surface area (Å²) in [7, 11) is 0. The number of hydrogen-bond acceptors (Lipinski definition) is 3. The van der Waals surface area contributed by atoms with Crippen LogP contribution in [0.25, 0.3) is 0 Å². The number of rotatable bonds is 4. The molecular weight excluding hydrogens is 232 g/mol. The standard InChI is InChI=1S/C13H16N2O3/c1-2-17-12-6-3-5-11(9-12)10-14-13(16)15-7-4-8-18-15/h3-6,8-9H,2,7,10H2,1H3,(H,14,16). The molecule has 1 N–H and O–H groups in total. The van der Waals surface area contributed by atoms with E-state index in [4.69, 9.17) is 9.57 Å². The Kier molecular flexibility index (Phi) is 4.06. The average Bonchev–Trinajstić information content (AvgIpc) is 2.91. The van der Waals surface area contributed by atoms with E-state index in [0.29, 0.717) is 19.7 Å². The number of urea groups is 1. The van der Waals surface area contributed by atoms with Gasteiger partial charge in [0, 0.05) is 6.54 Å². The Morgan fingerprint density at radius 1 is 1.56 bits per heavy atom. The number of benzene rings is 1. The molecule has 1 heterocycles. The van der Waals surface area contributed by atoms with Crippen LogP contribution in [0.5, 0.6) is 5.75 Å². The van der Waals surface area contributed by atoms with E-state index in [1.807, 2.05) is 31.2 Å². The molecule has 0 saturated carbocycles. The molecule has 1 aliphatic heterocycles. The summed E-state index contributed by atoms with van der Waals surface area (Å²) in [6, 6.07) is 7.39. The van der Waals surface area contributed by atoms with E-state index in [2.05, 4.69) is 5.32 Å². The maximum atomic E-state index is 11.6. The first kappa shape index (κ1) is 12.3. The van der Waals surface area contributed by atoms with Gasteiger partial charge in [-0.05, 0) is 30.7 Å². The lowest BCUT2D eigenvalue weighted by Gasteiger charge is -2.15. The van der Waals surface area contributed by atoms with Crippen LogP contribution in [0.1, 0.15) is 12.5 Å². The SMILES string of the molecule is CCOc1cccc(CNC(=O)N2CC=CO2)c1. The number of hydrogen-bond donors (Lipinski definition) is 1. The molecule has 0 fully saturated rings. The molecule has 1 aromatic carbocycles. The zero-order chi connectivity index (χ0) is 12.8. The van der Waals surface area contributed by atoms with Gasteiger partial charge >= 0.3 is 6.03 Å². The number of carbonyl (C=O) groups is 1. The zero-order valence-electron chi connectivity index (χ0n) is 10.3. The summed E-state index contributed by atoms with van der Waals surface area (Å²) in [6.45, 7) is 3.49. The van der Waals surface area contributed by atoms with E-state index >= 15 is 0 Å². The van der Waals surface area contributed by atoms with Crippen molar-refractivity contribution in [3.8, 4) is 5.75 Å². The number of nitrogens with zero attached hydrogens (tertiary/aromatic N) is 1. The van der Waals surface area contributed by atoms with E-state index in [1.54, 1.807) is 6.08 Å². The molecule has 0 aliphatic carbocycles. The number of carbonyl (C=O) groups excluding carboxylic acids is 1. The molecule has 5 heteroatoms. The van der Waals surface area contributed by atoms with Gasteiger partial charge < -0.3 is 14.9 Å². The predicted molar refractivity (Wildman–Crippen MR) is 66.8 cm³/mol. The van der Waals surface area contributed by atoms with Crippen molar-refractivity contribution in [1.29, 1.82) is 0 Å². The van der Waals surface area contributed by atoms with Gasteiger partial charge in [-0.1, -0.05) is 12.1 Å². The van der Waals surface area contributed by atoms with Crippen LogP contribution in [0, 0.1) is 0 Å². The largest absolute Gasteiger partial charge is 0.494 e. The first-order valence-corrected chi connectivity index (χ1v) is 5.88. The average molecular weight is 248 g/mol. The highest BCUT2D eigenvalue weighted by Crippen LogP contribution is 2.13. The number of hydroxylamine groups is 2. The minimum atomic E-state index is -0.248. The van der Waals surface area contributed by atoms with Crippen LogP contribution in [0.2, 0.25) is 0 Å². The summed E-state index contributed by atoms with van der Waals surface area (Å²) in [4.78, 5) is 16.6. The van der Waals surface area contributed by atoms with Gasteiger partial charge in [-0.25, -0.2) is 4.79 Å². The van der Waals surface area contributed by atoms with Gasteiger partial charge in [0.2, 0.25) is 0 Å². The van der Waals surface area contributed by atoms with E-state index in [9.17, 15) is 4.79 Å². The summed E-state index contributed by atoms with van der Waals surface area (Å²) in [5.41, 5.74) is 0.987. The highest BCUT2D eigenvalue weighted by molar-refractivity contribution is 5.73. The molecule has 96 valence electrons. The molecule has 5 nitrogen and oxygen atoms in total. The second-order valence-corrected chi connectivity index (χ2v) is 3.78. The molecule has 0 unspecified atom stereocenters. The summed E-state index contributed by atoms with van der Waals surface area (Å²) >= 11 is 0. The van der Waals surface area contributed by atoms with Crippen LogP contribution in [0.15, 0.2) is 36.6 Å². The fraction of sp³-hybridized carbons (Fsp3) is 0.308. The summed E-state index contributed by atoms with van der Waals surface area (Å²) < 4.78 is 5.40. The topological polar surface area (TPSA) is 50.8 Å². The normalized spacial score (nSPS) is 13.3. The van der Waals surface area contributed by atoms with Crippen LogP contribution >= 0.6 is 0 Å². The van der Waals surface area contributed by atoms with Crippen molar-refractivity contribution in [2.75, 3.05) is 13.2 Å². The van der Waals surface area contributed by atoms with Crippen LogP contribution in [-0.4, -0.2) is 24.2 Å². The molecule has 1 aromatic rings. The predicted octanol–water partition coefficient (Wildman–Crippen LogP) is 2.06. The minimum absolute atomic E-state index is 0.248. The van der Waals surface area contributed by atoms with E-state index in [1.165, 1.54) is 11.3 Å². The van der Waals surface area contributed by atoms with E-state index in [0.717, 1.165) is 11.3 Å². The maximum Gasteiger partial charge on any atom is 0.351 e.